The number of primary amides is 1. The summed E-state index contributed by atoms with van der Waals surface area (Å²) in [4.78, 5) is 15.3. The number of carbonyl (C=O) groups excluding carboxylic acids is 1. The fourth-order valence-corrected chi connectivity index (χ4v) is 3.28. The molecule has 1 atom stereocenters. The molecule has 5 heteroatoms. The van der Waals surface area contributed by atoms with Gasteiger partial charge in [0, 0.05) is 18.3 Å². The largest absolute Gasteiger partial charge is 0.439 e. The Morgan fingerprint density at radius 3 is 2.92 bits per heavy atom. The zero-order valence-corrected chi connectivity index (χ0v) is 14.6. The highest BCUT2D eigenvalue weighted by Gasteiger charge is 2.25. The first-order chi connectivity index (χ1) is 12.2. The number of benzene rings is 1. The SMILES string of the molecule is CCCCCNC1CCc2c(Oc3ccc(C(N)=O)cn3)cccc21. The number of fused-ring (bicyclic) bond motifs is 1. The number of rotatable bonds is 8. The van der Waals surface area contributed by atoms with Crippen LogP contribution in [0.4, 0.5) is 0 Å². The molecule has 1 amide bonds. The van der Waals surface area contributed by atoms with Crippen LogP contribution in [0.25, 0.3) is 0 Å². The highest BCUT2D eigenvalue weighted by Crippen LogP contribution is 2.38. The number of carbonyl (C=O) groups is 1. The van der Waals surface area contributed by atoms with Crippen molar-refractivity contribution in [1.29, 1.82) is 0 Å². The van der Waals surface area contributed by atoms with Gasteiger partial charge in [0.05, 0.1) is 5.56 Å². The number of pyridine rings is 1. The Hall–Kier alpha value is -2.40. The topological polar surface area (TPSA) is 77.2 Å². The van der Waals surface area contributed by atoms with E-state index in [9.17, 15) is 4.79 Å². The van der Waals surface area contributed by atoms with E-state index in [-0.39, 0.29) is 0 Å². The lowest BCUT2D eigenvalue weighted by Crippen LogP contribution is -2.20. The quantitative estimate of drug-likeness (QED) is 0.718. The Bertz CT molecular complexity index is 728. The monoisotopic (exact) mass is 339 g/mol. The number of unbranched alkanes of at least 4 members (excludes halogenated alkanes) is 2. The third-order valence-corrected chi connectivity index (χ3v) is 4.63. The number of amides is 1. The molecule has 1 heterocycles. The van der Waals surface area contributed by atoms with Gasteiger partial charge in [-0.25, -0.2) is 4.98 Å². The summed E-state index contributed by atoms with van der Waals surface area (Å²) >= 11 is 0. The Labute approximate surface area is 148 Å². The molecule has 0 bridgehead atoms. The van der Waals surface area contributed by atoms with E-state index < -0.39 is 5.91 Å². The average molecular weight is 339 g/mol. The van der Waals surface area contributed by atoms with Crippen molar-refractivity contribution in [1.82, 2.24) is 10.3 Å². The minimum absolute atomic E-state index is 0.377. The number of aromatic nitrogens is 1. The van der Waals surface area contributed by atoms with E-state index in [4.69, 9.17) is 10.5 Å². The summed E-state index contributed by atoms with van der Waals surface area (Å²) in [5.74, 6) is 0.823. The summed E-state index contributed by atoms with van der Waals surface area (Å²) in [5, 5.41) is 3.66. The van der Waals surface area contributed by atoms with Gasteiger partial charge in [-0.05, 0) is 49.1 Å². The Morgan fingerprint density at radius 2 is 2.20 bits per heavy atom. The van der Waals surface area contributed by atoms with Crippen molar-refractivity contribution in [3.63, 3.8) is 0 Å². The minimum Gasteiger partial charge on any atom is -0.439 e. The van der Waals surface area contributed by atoms with Crippen molar-refractivity contribution in [3.8, 4) is 11.6 Å². The predicted octanol–water partition coefficient (Wildman–Crippen LogP) is 3.74. The minimum atomic E-state index is -0.489. The van der Waals surface area contributed by atoms with E-state index >= 15 is 0 Å². The van der Waals surface area contributed by atoms with Crippen LogP contribution in [0.5, 0.6) is 11.6 Å². The number of nitrogens with zero attached hydrogens (tertiary/aromatic N) is 1. The molecule has 25 heavy (non-hydrogen) atoms. The lowest BCUT2D eigenvalue weighted by molar-refractivity contribution is 0.1000. The summed E-state index contributed by atoms with van der Waals surface area (Å²) in [6, 6.07) is 9.89. The van der Waals surface area contributed by atoms with E-state index in [1.54, 1.807) is 12.1 Å². The Kier molecular flexibility index (Phi) is 5.66. The summed E-state index contributed by atoms with van der Waals surface area (Å²) in [6.07, 6.45) is 7.25. The molecule has 1 aliphatic carbocycles. The van der Waals surface area contributed by atoms with Crippen molar-refractivity contribution in [3.05, 3.63) is 53.2 Å². The van der Waals surface area contributed by atoms with E-state index in [0.29, 0.717) is 17.5 Å². The fraction of sp³-hybridized carbons (Fsp3) is 0.400. The van der Waals surface area contributed by atoms with Crippen molar-refractivity contribution < 1.29 is 9.53 Å². The van der Waals surface area contributed by atoms with Crippen molar-refractivity contribution in [2.24, 2.45) is 5.73 Å². The van der Waals surface area contributed by atoms with Gasteiger partial charge in [-0.2, -0.15) is 0 Å². The lowest BCUT2D eigenvalue weighted by Gasteiger charge is -2.15. The van der Waals surface area contributed by atoms with Gasteiger partial charge in [0.25, 0.3) is 0 Å². The van der Waals surface area contributed by atoms with Crippen LogP contribution in [0.15, 0.2) is 36.5 Å². The summed E-state index contributed by atoms with van der Waals surface area (Å²) in [7, 11) is 0. The van der Waals surface area contributed by atoms with Gasteiger partial charge in [0.2, 0.25) is 11.8 Å². The summed E-state index contributed by atoms with van der Waals surface area (Å²) < 4.78 is 5.96. The maximum Gasteiger partial charge on any atom is 0.250 e. The first-order valence-electron chi connectivity index (χ1n) is 8.98. The number of nitrogens with one attached hydrogen (secondary N) is 1. The van der Waals surface area contributed by atoms with Gasteiger partial charge in [-0.15, -0.1) is 0 Å². The first-order valence-corrected chi connectivity index (χ1v) is 8.98. The molecule has 1 aliphatic rings. The zero-order chi connectivity index (χ0) is 17.6. The lowest BCUT2D eigenvalue weighted by atomic mass is 10.1. The third kappa shape index (κ3) is 4.17. The second kappa shape index (κ2) is 8.12. The third-order valence-electron chi connectivity index (χ3n) is 4.63. The molecular formula is C20H25N3O2. The molecule has 1 aromatic carbocycles. The molecule has 1 aromatic heterocycles. The number of hydrogen-bond donors (Lipinski definition) is 2. The predicted molar refractivity (Wildman–Crippen MR) is 97.9 cm³/mol. The van der Waals surface area contributed by atoms with Crippen LogP contribution in [-0.2, 0) is 6.42 Å². The van der Waals surface area contributed by atoms with Crippen molar-refractivity contribution in [2.45, 2.75) is 45.1 Å². The molecule has 0 saturated heterocycles. The molecule has 0 spiro atoms. The highest BCUT2D eigenvalue weighted by molar-refractivity contribution is 5.92. The van der Waals surface area contributed by atoms with Gasteiger partial charge < -0.3 is 15.8 Å². The molecular weight excluding hydrogens is 314 g/mol. The first kappa shape index (κ1) is 17.4. The van der Waals surface area contributed by atoms with Gasteiger partial charge in [-0.3, -0.25) is 4.79 Å². The fourth-order valence-electron chi connectivity index (χ4n) is 3.28. The Balaban J connectivity index is 1.70. The number of nitrogens with two attached hydrogens (primary N) is 1. The summed E-state index contributed by atoms with van der Waals surface area (Å²) in [5.41, 5.74) is 8.18. The molecule has 2 aromatic rings. The van der Waals surface area contributed by atoms with Gasteiger partial charge in [0.1, 0.15) is 5.75 Å². The van der Waals surface area contributed by atoms with Crippen LogP contribution in [0.3, 0.4) is 0 Å². The Morgan fingerprint density at radius 1 is 1.32 bits per heavy atom. The second-order valence-electron chi connectivity index (χ2n) is 6.43. The van der Waals surface area contributed by atoms with Crippen LogP contribution in [0.2, 0.25) is 0 Å². The van der Waals surface area contributed by atoms with Crippen molar-refractivity contribution in [2.75, 3.05) is 6.54 Å². The van der Waals surface area contributed by atoms with Gasteiger partial charge >= 0.3 is 0 Å². The molecule has 5 nitrogen and oxygen atoms in total. The molecule has 0 radical (unpaired) electrons. The molecule has 0 fully saturated rings. The molecule has 132 valence electrons. The van der Waals surface area contributed by atoms with Crippen LogP contribution in [-0.4, -0.2) is 17.4 Å². The van der Waals surface area contributed by atoms with Crippen LogP contribution in [0, 0.1) is 0 Å². The van der Waals surface area contributed by atoms with E-state index in [2.05, 4.69) is 23.3 Å². The van der Waals surface area contributed by atoms with Crippen LogP contribution < -0.4 is 15.8 Å². The summed E-state index contributed by atoms with van der Waals surface area (Å²) in [6.45, 7) is 3.28. The molecule has 3 N–H and O–H groups in total. The smallest absolute Gasteiger partial charge is 0.250 e. The standard InChI is InChI=1S/C20H25N3O2/c1-2-3-4-12-22-17-10-9-16-15(17)6-5-7-18(16)25-19-11-8-14(13-23-19)20(21)24/h5-8,11,13,17,22H,2-4,9-10,12H2,1H3,(H2,21,24). The molecule has 1 unspecified atom stereocenters. The van der Waals surface area contributed by atoms with Gasteiger partial charge in [-0.1, -0.05) is 31.9 Å². The van der Waals surface area contributed by atoms with Gasteiger partial charge in [0.15, 0.2) is 0 Å². The zero-order valence-electron chi connectivity index (χ0n) is 14.6. The molecule has 0 saturated carbocycles. The normalized spacial score (nSPS) is 15.8. The average Bonchev–Trinajstić information content (AvgIpc) is 3.03. The number of ether oxygens (including phenoxy) is 1. The maximum absolute atomic E-state index is 11.1. The van der Waals surface area contributed by atoms with E-state index in [0.717, 1.165) is 25.1 Å². The van der Waals surface area contributed by atoms with Crippen LogP contribution >= 0.6 is 0 Å². The molecule has 3 rings (SSSR count). The second-order valence-corrected chi connectivity index (χ2v) is 6.43. The van der Waals surface area contributed by atoms with Crippen molar-refractivity contribution >= 4 is 5.91 Å². The highest BCUT2D eigenvalue weighted by atomic mass is 16.5. The van der Waals surface area contributed by atoms with E-state index in [1.165, 1.54) is 36.6 Å². The van der Waals surface area contributed by atoms with E-state index in [1.807, 2.05) is 12.1 Å². The number of hydrogen-bond acceptors (Lipinski definition) is 4. The maximum atomic E-state index is 11.1. The van der Waals surface area contributed by atoms with Crippen LogP contribution in [0.1, 0.15) is 60.1 Å². The molecule has 0 aliphatic heterocycles.